The average Bonchev–Trinajstić information content (AvgIpc) is 3.28. The normalized spacial score (nSPS) is 16.1. The summed E-state index contributed by atoms with van der Waals surface area (Å²) in [4.78, 5) is 18.0. The van der Waals surface area contributed by atoms with Gasteiger partial charge in [0.1, 0.15) is 0 Å². The summed E-state index contributed by atoms with van der Waals surface area (Å²) in [6.45, 7) is 6.95. The van der Waals surface area contributed by atoms with Crippen molar-refractivity contribution in [2.45, 2.75) is 27.3 Å². The third kappa shape index (κ3) is 4.41. The Morgan fingerprint density at radius 3 is 2.65 bits per heavy atom. The van der Waals surface area contributed by atoms with Crippen LogP contribution in [0.5, 0.6) is 0 Å². The molecular formula is C28H24ClN3OS. The van der Waals surface area contributed by atoms with Crippen molar-refractivity contribution < 1.29 is 4.79 Å². The van der Waals surface area contributed by atoms with Gasteiger partial charge in [0.05, 0.1) is 10.6 Å². The molecule has 0 unspecified atom stereocenters. The van der Waals surface area contributed by atoms with Gasteiger partial charge in [-0.1, -0.05) is 65.7 Å². The van der Waals surface area contributed by atoms with Crippen LogP contribution in [0.1, 0.15) is 27.9 Å². The van der Waals surface area contributed by atoms with E-state index in [0.717, 1.165) is 34.3 Å². The predicted octanol–water partition coefficient (Wildman–Crippen LogP) is 7.16. The molecule has 2 heterocycles. The number of carbonyl (C=O) groups excluding carboxylic acids is 1. The molecule has 1 fully saturated rings. The van der Waals surface area contributed by atoms with Gasteiger partial charge in [-0.15, -0.1) is 0 Å². The minimum atomic E-state index is -0.142. The van der Waals surface area contributed by atoms with E-state index in [0.29, 0.717) is 20.8 Å². The fraction of sp³-hybridized carbons (Fsp3) is 0.143. The molecule has 0 saturated carbocycles. The maximum atomic E-state index is 12.8. The van der Waals surface area contributed by atoms with Crippen LogP contribution in [0.2, 0.25) is 5.02 Å². The molecule has 0 radical (unpaired) electrons. The van der Waals surface area contributed by atoms with Gasteiger partial charge in [0, 0.05) is 33.7 Å². The van der Waals surface area contributed by atoms with Gasteiger partial charge in [0.15, 0.2) is 5.17 Å². The highest BCUT2D eigenvalue weighted by Crippen LogP contribution is 2.34. The smallest absolute Gasteiger partial charge is 0.264 e. The van der Waals surface area contributed by atoms with Crippen molar-refractivity contribution in [3.05, 3.63) is 105 Å². The molecule has 1 aliphatic heterocycles. The van der Waals surface area contributed by atoms with Crippen LogP contribution in [0.15, 0.2) is 76.6 Å². The number of amidine groups is 1. The molecule has 34 heavy (non-hydrogen) atoms. The van der Waals surface area contributed by atoms with Crippen LogP contribution in [0, 0.1) is 20.8 Å². The zero-order valence-corrected chi connectivity index (χ0v) is 20.8. The summed E-state index contributed by atoms with van der Waals surface area (Å²) in [5.74, 6) is -0.142. The predicted molar refractivity (Wildman–Crippen MR) is 144 cm³/mol. The molecule has 4 aromatic rings. The number of aryl methyl sites for hydroxylation is 2. The minimum Gasteiger partial charge on any atom is -0.340 e. The zero-order valence-electron chi connectivity index (χ0n) is 19.2. The number of halogens is 1. The van der Waals surface area contributed by atoms with E-state index in [1.807, 2.05) is 31.2 Å². The second-order valence-corrected chi connectivity index (χ2v) is 9.94. The number of nitrogens with zero attached hydrogens (tertiary/aromatic N) is 2. The second-order valence-electron chi connectivity index (χ2n) is 8.51. The van der Waals surface area contributed by atoms with Crippen LogP contribution in [0.25, 0.3) is 17.0 Å². The summed E-state index contributed by atoms with van der Waals surface area (Å²) < 4.78 is 2.32. The largest absolute Gasteiger partial charge is 0.340 e. The van der Waals surface area contributed by atoms with E-state index in [2.05, 4.69) is 71.2 Å². The molecule has 0 atom stereocenters. The van der Waals surface area contributed by atoms with E-state index in [9.17, 15) is 4.79 Å². The first-order chi connectivity index (χ1) is 16.4. The van der Waals surface area contributed by atoms with Crippen LogP contribution < -0.4 is 5.32 Å². The zero-order chi connectivity index (χ0) is 23.8. The Bertz CT molecular complexity index is 1500. The number of aliphatic imine (C=N–C) groups is 1. The molecular weight excluding hydrogens is 462 g/mol. The lowest BCUT2D eigenvalue weighted by atomic mass is 10.1. The third-order valence-electron chi connectivity index (χ3n) is 6.02. The van der Waals surface area contributed by atoms with Gasteiger partial charge in [-0.2, -0.15) is 0 Å². The number of para-hydroxylation sites is 1. The molecule has 5 rings (SSSR count). The lowest BCUT2D eigenvalue weighted by Crippen LogP contribution is -2.19. The topological polar surface area (TPSA) is 46.4 Å². The number of nitrogens with one attached hydrogen (secondary N) is 1. The fourth-order valence-electron chi connectivity index (χ4n) is 4.22. The molecule has 1 N–H and O–H groups in total. The number of hydrogen-bond donors (Lipinski definition) is 1. The maximum absolute atomic E-state index is 12.8. The number of thioether (sulfide) groups is 1. The molecule has 1 amide bonds. The van der Waals surface area contributed by atoms with E-state index in [1.165, 1.54) is 22.9 Å². The summed E-state index contributed by atoms with van der Waals surface area (Å²) in [5, 5.41) is 5.22. The van der Waals surface area contributed by atoms with E-state index >= 15 is 0 Å². The van der Waals surface area contributed by atoms with Crippen molar-refractivity contribution in [2.75, 3.05) is 0 Å². The maximum Gasteiger partial charge on any atom is 0.264 e. The van der Waals surface area contributed by atoms with Crippen molar-refractivity contribution in [1.82, 2.24) is 9.88 Å². The molecule has 6 heteroatoms. The first-order valence-electron chi connectivity index (χ1n) is 11.1. The highest BCUT2D eigenvalue weighted by atomic mass is 35.5. The van der Waals surface area contributed by atoms with E-state index in [-0.39, 0.29) is 5.91 Å². The van der Waals surface area contributed by atoms with E-state index in [4.69, 9.17) is 11.6 Å². The first kappa shape index (κ1) is 22.5. The van der Waals surface area contributed by atoms with Crippen molar-refractivity contribution >= 4 is 57.1 Å². The number of hydrogen-bond acceptors (Lipinski definition) is 3. The van der Waals surface area contributed by atoms with E-state index < -0.39 is 0 Å². The van der Waals surface area contributed by atoms with Crippen molar-refractivity contribution in [3.63, 3.8) is 0 Å². The molecule has 170 valence electrons. The SMILES string of the molecule is Cc1cccc(Cn2c(C)c(/C=C3\SC(=Nc4ccc(C)c(Cl)c4)NC3=O)c3ccccc32)c1. The molecule has 4 nitrogen and oxygen atoms in total. The molecule has 0 aliphatic carbocycles. The summed E-state index contributed by atoms with van der Waals surface area (Å²) in [6.07, 6.45) is 1.98. The Kier molecular flexibility index (Phi) is 6.07. The number of aromatic nitrogens is 1. The number of carbonyl (C=O) groups is 1. The Balaban J connectivity index is 1.51. The van der Waals surface area contributed by atoms with Crippen LogP contribution in [0.4, 0.5) is 5.69 Å². The third-order valence-corrected chi connectivity index (χ3v) is 7.33. The van der Waals surface area contributed by atoms with Crippen LogP contribution in [-0.2, 0) is 11.3 Å². The first-order valence-corrected chi connectivity index (χ1v) is 12.3. The van der Waals surface area contributed by atoms with Crippen LogP contribution in [0.3, 0.4) is 0 Å². The van der Waals surface area contributed by atoms with Crippen molar-refractivity contribution in [2.24, 2.45) is 4.99 Å². The Hall–Kier alpha value is -3.28. The fourth-order valence-corrected chi connectivity index (χ4v) is 5.22. The Morgan fingerprint density at radius 1 is 1.03 bits per heavy atom. The van der Waals surface area contributed by atoms with Gasteiger partial charge in [-0.3, -0.25) is 4.79 Å². The summed E-state index contributed by atoms with van der Waals surface area (Å²) >= 11 is 7.58. The quantitative estimate of drug-likeness (QED) is 0.312. The van der Waals surface area contributed by atoms with Crippen molar-refractivity contribution in [1.29, 1.82) is 0 Å². The lowest BCUT2D eigenvalue weighted by Gasteiger charge is -2.09. The van der Waals surface area contributed by atoms with Gasteiger partial charge < -0.3 is 9.88 Å². The highest BCUT2D eigenvalue weighted by Gasteiger charge is 2.25. The van der Waals surface area contributed by atoms with Gasteiger partial charge >= 0.3 is 0 Å². The molecule has 3 aromatic carbocycles. The van der Waals surface area contributed by atoms with Gasteiger partial charge in [0.25, 0.3) is 5.91 Å². The molecule has 1 aromatic heterocycles. The Labute approximate surface area is 208 Å². The van der Waals surface area contributed by atoms with Crippen molar-refractivity contribution in [3.8, 4) is 0 Å². The van der Waals surface area contributed by atoms with Gasteiger partial charge in [-0.25, -0.2) is 4.99 Å². The standard InChI is InChI=1S/C28H24ClN3OS/c1-17-7-6-8-20(13-17)16-32-19(3)23(22-9-4-5-10-25(22)32)15-26-27(33)31-28(34-26)30-21-12-11-18(2)24(29)14-21/h4-15H,16H2,1-3H3,(H,30,31,33)/b26-15-. The Morgan fingerprint density at radius 2 is 1.85 bits per heavy atom. The number of rotatable bonds is 4. The number of amides is 1. The molecule has 1 aliphatic rings. The summed E-state index contributed by atoms with van der Waals surface area (Å²) in [5.41, 5.74) is 7.54. The summed E-state index contributed by atoms with van der Waals surface area (Å²) in [7, 11) is 0. The monoisotopic (exact) mass is 485 g/mol. The second kappa shape index (κ2) is 9.16. The average molecular weight is 486 g/mol. The minimum absolute atomic E-state index is 0.142. The summed E-state index contributed by atoms with van der Waals surface area (Å²) in [6, 6.07) is 22.5. The molecule has 1 saturated heterocycles. The molecule has 0 spiro atoms. The number of fused-ring (bicyclic) bond motifs is 1. The van der Waals surface area contributed by atoms with Gasteiger partial charge in [0.2, 0.25) is 0 Å². The van der Waals surface area contributed by atoms with Gasteiger partial charge in [-0.05, 0) is 67.9 Å². The van der Waals surface area contributed by atoms with Crippen LogP contribution >= 0.6 is 23.4 Å². The number of benzene rings is 3. The lowest BCUT2D eigenvalue weighted by molar-refractivity contribution is -0.115. The van der Waals surface area contributed by atoms with E-state index in [1.54, 1.807) is 6.07 Å². The van der Waals surface area contributed by atoms with Crippen LogP contribution in [-0.4, -0.2) is 15.6 Å². The highest BCUT2D eigenvalue weighted by molar-refractivity contribution is 8.18. The molecule has 0 bridgehead atoms.